The average Bonchev–Trinajstić information content (AvgIpc) is 2.30. The van der Waals surface area contributed by atoms with Gasteiger partial charge in [0.15, 0.2) is 0 Å². The minimum Gasteiger partial charge on any atom is -0.442 e. The van der Waals surface area contributed by atoms with Crippen molar-refractivity contribution in [1.29, 1.82) is 0 Å². The number of rotatable bonds is 2. The maximum absolute atomic E-state index is 11.1. The van der Waals surface area contributed by atoms with E-state index in [0.717, 1.165) is 0 Å². The van der Waals surface area contributed by atoms with Gasteiger partial charge in [-0.2, -0.15) is 0 Å². The number of aliphatic hydroxyl groups is 2. The normalized spacial score (nSPS) is 35.5. The van der Waals surface area contributed by atoms with Gasteiger partial charge in [-0.05, 0) is 6.08 Å². The van der Waals surface area contributed by atoms with Crippen molar-refractivity contribution in [3.8, 4) is 0 Å². The molecule has 6 nitrogen and oxygen atoms in total. The number of hydrogen-bond donors (Lipinski definition) is 3. The molecule has 0 heterocycles. The third-order valence-electron chi connectivity index (χ3n) is 2.69. The Bertz CT molecular complexity index is 281. The quantitative estimate of drug-likeness (QED) is 0.586. The highest BCUT2D eigenvalue weighted by Gasteiger charge is 2.27. The van der Waals surface area contributed by atoms with Crippen LogP contribution in [0.4, 0.5) is 4.79 Å². The van der Waals surface area contributed by atoms with Gasteiger partial charge in [-0.15, -0.1) is 0 Å². The van der Waals surface area contributed by atoms with Gasteiger partial charge in [0.1, 0.15) is 6.10 Å². The Kier molecular flexibility index (Phi) is 5.40. The van der Waals surface area contributed by atoms with Crippen LogP contribution in [0.3, 0.4) is 0 Å². The molecule has 0 aromatic rings. The lowest BCUT2D eigenvalue weighted by Gasteiger charge is -2.27. The SMILES string of the molecule is CNC(=O)OC1/C=C/C(O)CC(O)C(OC)C1. The molecular weight excluding hydrogens is 226 g/mol. The summed E-state index contributed by atoms with van der Waals surface area (Å²) in [7, 11) is 2.94. The van der Waals surface area contributed by atoms with Crippen LogP contribution < -0.4 is 5.32 Å². The summed E-state index contributed by atoms with van der Waals surface area (Å²) in [6.07, 6.45) is 0.596. The van der Waals surface area contributed by atoms with E-state index >= 15 is 0 Å². The lowest BCUT2D eigenvalue weighted by atomic mass is 9.97. The van der Waals surface area contributed by atoms with Crippen molar-refractivity contribution < 1.29 is 24.5 Å². The van der Waals surface area contributed by atoms with E-state index in [4.69, 9.17) is 9.47 Å². The fraction of sp³-hybridized carbons (Fsp3) is 0.727. The van der Waals surface area contributed by atoms with Gasteiger partial charge in [0.2, 0.25) is 0 Å². The number of ether oxygens (including phenoxy) is 2. The van der Waals surface area contributed by atoms with Gasteiger partial charge < -0.3 is 25.0 Å². The van der Waals surface area contributed by atoms with Crippen molar-refractivity contribution in [1.82, 2.24) is 5.32 Å². The van der Waals surface area contributed by atoms with Crippen molar-refractivity contribution in [3.05, 3.63) is 12.2 Å². The van der Waals surface area contributed by atoms with Crippen LogP contribution >= 0.6 is 0 Å². The number of methoxy groups -OCH3 is 1. The minimum atomic E-state index is -0.782. The standard InChI is InChI=1S/C11H19NO5/c1-12-11(15)17-8-4-3-7(13)5-9(14)10(6-8)16-2/h3-4,7-10,13-14H,5-6H2,1-2H3,(H,12,15)/b4-3+. The van der Waals surface area contributed by atoms with Crippen molar-refractivity contribution in [2.24, 2.45) is 0 Å². The molecule has 0 aromatic heterocycles. The topological polar surface area (TPSA) is 88.0 Å². The van der Waals surface area contributed by atoms with Crippen LogP contribution in [0.25, 0.3) is 0 Å². The second-order valence-electron chi connectivity index (χ2n) is 3.96. The first-order chi connectivity index (χ1) is 8.06. The third-order valence-corrected chi connectivity index (χ3v) is 2.69. The molecule has 6 heteroatoms. The van der Waals surface area contributed by atoms with E-state index in [1.807, 2.05) is 0 Å². The molecular formula is C11H19NO5. The summed E-state index contributed by atoms with van der Waals surface area (Å²) in [5, 5.41) is 21.7. The van der Waals surface area contributed by atoms with E-state index in [0.29, 0.717) is 6.42 Å². The number of hydrogen-bond acceptors (Lipinski definition) is 5. The minimum absolute atomic E-state index is 0.210. The Morgan fingerprint density at radius 1 is 1.35 bits per heavy atom. The van der Waals surface area contributed by atoms with E-state index in [1.54, 1.807) is 6.08 Å². The maximum atomic E-state index is 11.1. The van der Waals surface area contributed by atoms with Gasteiger partial charge in [-0.1, -0.05) is 6.08 Å². The van der Waals surface area contributed by atoms with E-state index in [1.165, 1.54) is 20.2 Å². The summed E-state index contributed by atoms with van der Waals surface area (Å²) in [4.78, 5) is 11.1. The smallest absolute Gasteiger partial charge is 0.407 e. The van der Waals surface area contributed by atoms with Crippen LogP contribution in [0, 0.1) is 0 Å². The van der Waals surface area contributed by atoms with Crippen LogP contribution in [0.2, 0.25) is 0 Å². The lowest BCUT2D eigenvalue weighted by molar-refractivity contribution is -0.0504. The molecule has 0 saturated carbocycles. The van der Waals surface area contributed by atoms with Crippen LogP contribution in [-0.2, 0) is 9.47 Å². The highest BCUT2D eigenvalue weighted by Crippen LogP contribution is 2.18. The molecule has 0 aliphatic heterocycles. The molecule has 4 atom stereocenters. The summed E-state index contributed by atoms with van der Waals surface area (Å²) in [6, 6.07) is 0. The molecule has 98 valence electrons. The first kappa shape index (κ1) is 14.0. The van der Waals surface area contributed by atoms with Crippen LogP contribution in [-0.4, -0.2) is 54.9 Å². The molecule has 1 amide bonds. The summed E-state index contributed by atoms with van der Waals surface area (Å²) < 4.78 is 10.2. The molecule has 1 rings (SSSR count). The highest BCUT2D eigenvalue weighted by molar-refractivity contribution is 5.67. The van der Waals surface area contributed by atoms with Crippen molar-refractivity contribution in [2.45, 2.75) is 37.3 Å². The number of amides is 1. The Morgan fingerprint density at radius 3 is 2.65 bits per heavy atom. The highest BCUT2D eigenvalue weighted by atomic mass is 16.6. The lowest BCUT2D eigenvalue weighted by Crippen LogP contribution is -2.37. The number of carbonyl (C=O) groups is 1. The number of aliphatic hydroxyl groups excluding tert-OH is 2. The first-order valence-corrected chi connectivity index (χ1v) is 5.52. The summed E-state index contributed by atoms with van der Waals surface area (Å²) in [6.45, 7) is 0. The molecule has 0 bridgehead atoms. The molecule has 1 aliphatic rings. The number of carbonyl (C=O) groups excluding carboxylic acids is 1. The van der Waals surface area contributed by atoms with Crippen LogP contribution in [0.5, 0.6) is 0 Å². The predicted molar refractivity (Wildman–Crippen MR) is 60.5 cm³/mol. The van der Waals surface area contributed by atoms with Crippen molar-refractivity contribution >= 4 is 6.09 Å². The van der Waals surface area contributed by atoms with E-state index in [9.17, 15) is 15.0 Å². The van der Waals surface area contributed by atoms with Gasteiger partial charge in [0.25, 0.3) is 0 Å². The average molecular weight is 245 g/mol. The molecule has 1 aliphatic carbocycles. The van der Waals surface area contributed by atoms with Gasteiger partial charge in [-0.25, -0.2) is 4.79 Å². The van der Waals surface area contributed by atoms with Crippen LogP contribution in [0.1, 0.15) is 12.8 Å². The molecule has 0 saturated heterocycles. The van der Waals surface area contributed by atoms with E-state index < -0.39 is 30.5 Å². The Labute approximate surface area is 100 Å². The Morgan fingerprint density at radius 2 is 2.06 bits per heavy atom. The Balaban J connectivity index is 2.71. The molecule has 3 N–H and O–H groups in total. The fourth-order valence-corrected chi connectivity index (χ4v) is 1.73. The zero-order valence-corrected chi connectivity index (χ0v) is 10.00. The van der Waals surface area contributed by atoms with Crippen LogP contribution in [0.15, 0.2) is 12.2 Å². The largest absolute Gasteiger partial charge is 0.442 e. The molecule has 0 radical (unpaired) electrons. The van der Waals surface area contributed by atoms with Crippen molar-refractivity contribution in [2.75, 3.05) is 14.2 Å². The van der Waals surface area contributed by atoms with E-state index in [-0.39, 0.29) is 6.42 Å². The monoisotopic (exact) mass is 245 g/mol. The number of alkyl carbamates (subject to hydrolysis) is 1. The molecule has 0 aromatic carbocycles. The first-order valence-electron chi connectivity index (χ1n) is 5.52. The summed E-state index contributed by atoms with van der Waals surface area (Å²) in [5.74, 6) is 0. The Hall–Kier alpha value is -1.11. The zero-order valence-electron chi connectivity index (χ0n) is 10.00. The fourth-order valence-electron chi connectivity index (χ4n) is 1.73. The molecule has 0 spiro atoms. The third kappa shape index (κ3) is 4.33. The second-order valence-corrected chi connectivity index (χ2v) is 3.96. The zero-order chi connectivity index (χ0) is 12.8. The summed E-state index contributed by atoms with van der Waals surface area (Å²) in [5.41, 5.74) is 0. The van der Waals surface area contributed by atoms with Crippen molar-refractivity contribution in [3.63, 3.8) is 0 Å². The molecule has 0 fully saturated rings. The molecule has 17 heavy (non-hydrogen) atoms. The molecule has 4 unspecified atom stereocenters. The second kappa shape index (κ2) is 6.58. The van der Waals surface area contributed by atoms with Gasteiger partial charge in [0.05, 0.1) is 18.3 Å². The maximum Gasteiger partial charge on any atom is 0.407 e. The van der Waals surface area contributed by atoms with E-state index in [2.05, 4.69) is 5.32 Å². The number of nitrogens with one attached hydrogen (secondary N) is 1. The van der Waals surface area contributed by atoms with Gasteiger partial charge in [0, 0.05) is 27.0 Å². The van der Waals surface area contributed by atoms with Gasteiger partial charge >= 0.3 is 6.09 Å². The summed E-state index contributed by atoms with van der Waals surface area (Å²) >= 11 is 0. The predicted octanol–water partition coefficient (Wildman–Crippen LogP) is -0.202. The van der Waals surface area contributed by atoms with Gasteiger partial charge in [-0.3, -0.25) is 0 Å².